The summed E-state index contributed by atoms with van der Waals surface area (Å²) >= 11 is 0. The van der Waals surface area contributed by atoms with Crippen molar-refractivity contribution < 1.29 is 9.53 Å². The van der Waals surface area contributed by atoms with Crippen molar-refractivity contribution in [3.63, 3.8) is 0 Å². The van der Waals surface area contributed by atoms with Gasteiger partial charge in [-0.25, -0.2) is 4.79 Å². The Bertz CT molecular complexity index is 592. The molecule has 3 nitrogen and oxygen atoms in total. The van der Waals surface area contributed by atoms with E-state index in [0.29, 0.717) is 6.54 Å². The number of ether oxygens (including phenoxy) is 1. The summed E-state index contributed by atoms with van der Waals surface area (Å²) in [5.74, 6) is -0.281. The molecule has 110 valence electrons. The fourth-order valence-electron chi connectivity index (χ4n) is 2.48. The van der Waals surface area contributed by atoms with Crippen molar-refractivity contribution in [1.29, 1.82) is 0 Å². The quantitative estimate of drug-likeness (QED) is 0.855. The molecule has 0 aromatic heterocycles. The van der Waals surface area contributed by atoms with Gasteiger partial charge in [0.15, 0.2) is 0 Å². The van der Waals surface area contributed by atoms with Gasteiger partial charge in [0.05, 0.1) is 7.11 Å². The molecule has 0 spiro atoms. The van der Waals surface area contributed by atoms with Crippen molar-refractivity contribution in [2.24, 2.45) is 0 Å². The minimum Gasteiger partial charge on any atom is -0.467 e. The third-order valence-corrected chi connectivity index (χ3v) is 3.69. The molecule has 1 atom stereocenters. The van der Waals surface area contributed by atoms with Crippen LogP contribution in [-0.2, 0) is 15.1 Å². The molecule has 0 radical (unpaired) electrons. The maximum absolute atomic E-state index is 12.1. The summed E-state index contributed by atoms with van der Waals surface area (Å²) in [7, 11) is 1.41. The average Bonchev–Trinajstić information content (AvgIpc) is 2.55. The second kappa shape index (κ2) is 6.55. The van der Waals surface area contributed by atoms with Crippen LogP contribution in [-0.4, -0.2) is 19.6 Å². The van der Waals surface area contributed by atoms with Crippen molar-refractivity contribution >= 4 is 5.97 Å². The van der Waals surface area contributed by atoms with Crippen LogP contribution in [0.2, 0.25) is 0 Å². The first kappa shape index (κ1) is 15.3. The minimum atomic E-state index is -0.821. The number of carbonyl (C=O) groups is 1. The van der Waals surface area contributed by atoms with Crippen molar-refractivity contribution in [1.82, 2.24) is 5.32 Å². The Hall–Kier alpha value is -2.13. The molecular formula is C18H21NO2. The Morgan fingerprint density at radius 2 is 1.62 bits per heavy atom. The van der Waals surface area contributed by atoms with Crippen LogP contribution in [0.3, 0.4) is 0 Å². The third kappa shape index (κ3) is 3.14. The van der Waals surface area contributed by atoms with Gasteiger partial charge in [-0.15, -0.1) is 0 Å². The molecule has 1 N–H and O–H groups in total. The first-order valence-corrected chi connectivity index (χ1v) is 7.11. The van der Waals surface area contributed by atoms with E-state index in [0.717, 1.165) is 16.7 Å². The van der Waals surface area contributed by atoms with Gasteiger partial charge in [0.25, 0.3) is 0 Å². The number of esters is 1. The molecule has 0 heterocycles. The Balaban J connectivity index is 2.34. The van der Waals surface area contributed by atoms with Gasteiger partial charge in [-0.2, -0.15) is 0 Å². The maximum Gasteiger partial charge on any atom is 0.330 e. The van der Waals surface area contributed by atoms with Gasteiger partial charge in [0, 0.05) is 0 Å². The lowest BCUT2D eigenvalue weighted by molar-refractivity contribution is -0.148. The highest BCUT2D eigenvalue weighted by Gasteiger charge is 2.35. The zero-order chi connectivity index (χ0) is 15.3. The highest BCUT2D eigenvalue weighted by molar-refractivity contribution is 5.82. The molecule has 0 bridgehead atoms. The molecule has 1 unspecified atom stereocenters. The normalized spacial score (nSPS) is 13.5. The van der Waals surface area contributed by atoms with Gasteiger partial charge in [0.1, 0.15) is 5.54 Å². The molecule has 2 aromatic carbocycles. The van der Waals surface area contributed by atoms with E-state index in [1.165, 1.54) is 7.11 Å². The summed E-state index contributed by atoms with van der Waals surface area (Å²) in [6.07, 6.45) is 0. The number of hydrogen-bond acceptors (Lipinski definition) is 3. The standard InChI is InChI=1S/C18H21NO2/c1-4-19-18(2,17(20)21-3)16-12-10-15(11-13-16)14-8-6-5-7-9-14/h5-13,19H,4H2,1-3H3. The Morgan fingerprint density at radius 1 is 1.05 bits per heavy atom. The van der Waals surface area contributed by atoms with Crippen molar-refractivity contribution in [2.75, 3.05) is 13.7 Å². The summed E-state index contributed by atoms with van der Waals surface area (Å²) in [5, 5.41) is 3.21. The number of hydrogen-bond donors (Lipinski definition) is 1. The average molecular weight is 283 g/mol. The summed E-state index contributed by atoms with van der Waals surface area (Å²) in [6.45, 7) is 4.51. The summed E-state index contributed by atoms with van der Waals surface area (Å²) in [5.41, 5.74) is 2.37. The first-order chi connectivity index (χ1) is 10.1. The predicted molar refractivity (Wildman–Crippen MR) is 84.9 cm³/mol. The third-order valence-electron chi connectivity index (χ3n) is 3.69. The number of likely N-dealkylation sites (N-methyl/N-ethyl adjacent to an activating group) is 1. The van der Waals surface area contributed by atoms with Gasteiger partial charge in [-0.1, -0.05) is 61.5 Å². The van der Waals surface area contributed by atoms with E-state index < -0.39 is 5.54 Å². The van der Waals surface area contributed by atoms with Gasteiger partial charge in [-0.3, -0.25) is 5.32 Å². The van der Waals surface area contributed by atoms with E-state index in [-0.39, 0.29) is 5.97 Å². The number of methoxy groups -OCH3 is 1. The van der Waals surface area contributed by atoms with E-state index >= 15 is 0 Å². The molecular weight excluding hydrogens is 262 g/mol. The molecule has 0 aliphatic rings. The topological polar surface area (TPSA) is 38.3 Å². The lowest BCUT2D eigenvalue weighted by atomic mass is 9.90. The van der Waals surface area contributed by atoms with Crippen LogP contribution in [0.5, 0.6) is 0 Å². The van der Waals surface area contributed by atoms with Crippen LogP contribution in [0.1, 0.15) is 19.4 Å². The van der Waals surface area contributed by atoms with E-state index in [1.54, 1.807) is 0 Å². The minimum absolute atomic E-state index is 0.281. The summed E-state index contributed by atoms with van der Waals surface area (Å²) in [6, 6.07) is 18.2. The Kier molecular flexibility index (Phi) is 4.76. The highest BCUT2D eigenvalue weighted by Crippen LogP contribution is 2.26. The monoisotopic (exact) mass is 283 g/mol. The van der Waals surface area contributed by atoms with Gasteiger partial charge < -0.3 is 4.74 Å². The lowest BCUT2D eigenvalue weighted by Gasteiger charge is -2.28. The van der Waals surface area contributed by atoms with Crippen molar-refractivity contribution in [2.45, 2.75) is 19.4 Å². The SMILES string of the molecule is CCNC(C)(C(=O)OC)c1ccc(-c2ccccc2)cc1. The maximum atomic E-state index is 12.1. The second-order valence-corrected chi connectivity index (χ2v) is 5.09. The molecule has 0 aliphatic carbocycles. The highest BCUT2D eigenvalue weighted by atomic mass is 16.5. The van der Waals surface area contributed by atoms with E-state index in [9.17, 15) is 4.79 Å². The van der Waals surface area contributed by atoms with Crippen LogP contribution >= 0.6 is 0 Å². The Labute approximate surface area is 126 Å². The van der Waals surface area contributed by atoms with Gasteiger partial charge >= 0.3 is 5.97 Å². The molecule has 0 fully saturated rings. The molecule has 0 amide bonds. The number of carbonyl (C=O) groups excluding carboxylic acids is 1. The number of rotatable bonds is 5. The largest absolute Gasteiger partial charge is 0.467 e. The molecule has 21 heavy (non-hydrogen) atoms. The summed E-state index contributed by atoms with van der Waals surface area (Å²) < 4.78 is 4.94. The zero-order valence-electron chi connectivity index (χ0n) is 12.7. The van der Waals surface area contributed by atoms with Crippen LogP contribution in [0.25, 0.3) is 11.1 Å². The fourth-order valence-corrected chi connectivity index (χ4v) is 2.48. The number of benzene rings is 2. The van der Waals surface area contributed by atoms with Crippen LogP contribution in [0.15, 0.2) is 54.6 Å². The van der Waals surface area contributed by atoms with E-state index in [4.69, 9.17) is 4.74 Å². The smallest absolute Gasteiger partial charge is 0.330 e. The Morgan fingerprint density at radius 3 is 2.14 bits per heavy atom. The molecule has 2 rings (SSSR count). The van der Waals surface area contributed by atoms with Crippen molar-refractivity contribution in [3.8, 4) is 11.1 Å². The van der Waals surface area contributed by atoms with Crippen LogP contribution in [0.4, 0.5) is 0 Å². The van der Waals surface area contributed by atoms with E-state index in [1.807, 2.05) is 56.3 Å². The van der Waals surface area contributed by atoms with Crippen LogP contribution in [0, 0.1) is 0 Å². The molecule has 0 saturated carbocycles. The fraction of sp³-hybridized carbons (Fsp3) is 0.278. The van der Waals surface area contributed by atoms with Gasteiger partial charge in [0.2, 0.25) is 0 Å². The zero-order valence-corrected chi connectivity index (χ0v) is 12.7. The predicted octanol–water partition coefficient (Wildman–Crippen LogP) is 3.35. The second-order valence-electron chi connectivity index (χ2n) is 5.09. The van der Waals surface area contributed by atoms with E-state index in [2.05, 4.69) is 17.4 Å². The lowest BCUT2D eigenvalue weighted by Crippen LogP contribution is -2.47. The molecule has 3 heteroatoms. The first-order valence-electron chi connectivity index (χ1n) is 7.11. The molecule has 0 saturated heterocycles. The van der Waals surface area contributed by atoms with Crippen molar-refractivity contribution in [3.05, 3.63) is 60.2 Å². The number of nitrogens with one attached hydrogen (secondary N) is 1. The summed E-state index contributed by atoms with van der Waals surface area (Å²) in [4.78, 5) is 12.1. The molecule has 0 aliphatic heterocycles. The molecule has 2 aromatic rings. The van der Waals surface area contributed by atoms with Gasteiger partial charge in [-0.05, 0) is 30.2 Å². The van der Waals surface area contributed by atoms with Crippen LogP contribution < -0.4 is 5.32 Å².